The van der Waals surface area contributed by atoms with Crippen LogP contribution in [-0.2, 0) is 0 Å². The van der Waals surface area contributed by atoms with E-state index in [1.165, 1.54) is 17.6 Å². The second-order valence-corrected chi connectivity index (χ2v) is 4.15. The Bertz CT molecular complexity index is 182. The van der Waals surface area contributed by atoms with E-state index in [1.54, 1.807) is 0 Å². The van der Waals surface area contributed by atoms with E-state index in [1.807, 2.05) is 0 Å². The molecule has 12 heavy (non-hydrogen) atoms. The van der Waals surface area contributed by atoms with E-state index in [-0.39, 0.29) is 0 Å². The predicted octanol–water partition coefficient (Wildman–Crippen LogP) is 4.34. The SMILES string of the molecule is C=C(CC(C)=CC)C(C)(C)CC. The average molecular weight is 166 g/mol. The Morgan fingerprint density at radius 3 is 2.25 bits per heavy atom. The first kappa shape index (κ1) is 11.5. The lowest BCUT2D eigenvalue weighted by molar-refractivity contribution is 0.421. The molecule has 0 spiro atoms. The zero-order valence-electron chi connectivity index (χ0n) is 9.20. The van der Waals surface area contributed by atoms with Crippen LogP contribution in [0.5, 0.6) is 0 Å². The summed E-state index contributed by atoms with van der Waals surface area (Å²) in [5.74, 6) is 0. The van der Waals surface area contributed by atoms with Crippen LogP contribution < -0.4 is 0 Å². The molecule has 0 aliphatic rings. The molecule has 0 aromatic rings. The zero-order valence-corrected chi connectivity index (χ0v) is 9.20. The van der Waals surface area contributed by atoms with Crippen LogP contribution in [0.15, 0.2) is 23.8 Å². The smallest absolute Gasteiger partial charge is 0.0109 e. The summed E-state index contributed by atoms with van der Waals surface area (Å²) in [6.07, 6.45) is 4.39. The van der Waals surface area contributed by atoms with E-state index in [0.29, 0.717) is 5.41 Å². The van der Waals surface area contributed by atoms with Gasteiger partial charge >= 0.3 is 0 Å². The van der Waals surface area contributed by atoms with Crippen molar-refractivity contribution in [2.45, 2.75) is 47.5 Å². The molecule has 0 radical (unpaired) electrons. The van der Waals surface area contributed by atoms with Crippen molar-refractivity contribution in [1.29, 1.82) is 0 Å². The molecular formula is C12H22. The second-order valence-electron chi connectivity index (χ2n) is 4.15. The monoisotopic (exact) mass is 166 g/mol. The van der Waals surface area contributed by atoms with Gasteiger partial charge in [0.1, 0.15) is 0 Å². The van der Waals surface area contributed by atoms with Gasteiger partial charge in [-0.25, -0.2) is 0 Å². The molecule has 0 bridgehead atoms. The Kier molecular flexibility index (Phi) is 4.30. The lowest BCUT2D eigenvalue weighted by Gasteiger charge is -2.26. The normalized spacial score (nSPS) is 13.2. The Balaban J connectivity index is 4.23. The van der Waals surface area contributed by atoms with Gasteiger partial charge in [-0.3, -0.25) is 0 Å². The number of hydrogen-bond donors (Lipinski definition) is 0. The average Bonchev–Trinajstić information content (AvgIpc) is 2.04. The highest BCUT2D eigenvalue weighted by Crippen LogP contribution is 2.32. The highest BCUT2D eigenvalue weighted by atomic mass is 14.2. The maximum Gasteiger partial charge on any atom is -0.0109 e. The second kappa shape index (κ2) is 4.49. The fraction of sp³-hybridized carbons (Fsp3) is 0.667. The highest BCUT2D eigenvalue weighted by molar-refractivity contribution is 5.16. The highest BCUT2D eigenvalue weighted by Gasteiger charge is 2.18. The minimum Gasteiger partial charge on any atom is -0.0990 e. The minimum atomic E-state index is 0.296. The Morgan fingerprint density at radius 1 is 1.42 bits per heavy atom. The van der Waals surface area contributed by atoms with E-state index < -0.39 is 0 Å². The first-order valence-electron chi connectivity index (χ1n) is 4.74. The van der Waals surface area contributed by atoms with Crippen molar-refractivity contribution in [3.63, 3.8) is 0 Å². The van der Waals surface area contributed by atoms with Gasteiger partial charge in [0.25, 0.3) is 0 Å². The van der Waals surface area contributed by atoms with E-state index >= 15 is 0 Å². The van der Waals surface area contributed by atoms with Crippen molar-refractivity contribution >= 4 is 0 Å². The largest absolute Gasteiger partial charge is 0.0990 e. The number of allylic oxidation sites excluding steroid dienone is 3. The van der Waals surface area contributed by atoms with E-state index in [9.17, 15) is 0 Å². The van der Waals surface area contributed by atoms with Gasteiger partial charge in [-0.1, -0.05) is 44.6 Å². The molecule has 0 atom stereocenters. The third-order valence-corrected chi connectivity index (χ3v) is 2.83. The third kappa shape index (κ3) is 3.25. The summed E-state index contributed by atoms with van der Waals surface area (Å²) >= 11 is 0. The molecule has 0 aromatic carbocycles. The predicted molar refractivity (Wildman–Crippen MR) is 57.3 cm³/mol. The lowest BCUT2D eigenvalue weighted by Crippen LogP contribution is -2.12. The summed E-state index contributed by atoms with van der Waals surface area (Å²) in [5.41, 5.74) is 3.06. The van der Waals surface area contributed by atoms with Crippen molar-refractivity contribution in [3.8, 4) is 0 Å². The molecule has 0 fully saturated rings. The van der Waals surface area contributed by atoms with E-state index in [0.717, 1.165) is 6.42 Å². The standard InChI is InChI=1S/C12H22/c1-7-10(3)9-11(4)12(5,6)8-2/h7H,4,8-9H2,1-3,5-6H3. The Hall–Kier alpha value is -0.520. The fourth-order valence-corrected chi connectivity index (χ4v) is 0.928. The van der Waals surface area contributed by atoms with Gasteiger partial charge in [-0.05, 0) is 32.1 Å². The molecule has 0 aliphatic carbocycles. The molecule has 0 heteroatoms. The maximum absolute atomic E-state index is 4.14. The fourth-order valence-electron chi connectivity index (χ4n) is 0.928. The zero-order chi connectivity index (χ0) is 9.78. The summed E-state index contributed by atoms with van der Waals surface area (Å²) in [6.45, 7) is 15.1. The van der Waals surface area contributed by atoms with Crippen LogP contribution in [-0.4, -0.2) is 0 Å². The van der Waals surface area contributed by atoms with Crippen molar-refractivity contribution in [1.82, 2.24) is 0 Å². The van der Waals surface area contributed by atoms with Crippen LogP contribution in [0.1, 0.15) is 47.5 Å². The first-order valence-corrected chi connectivity index (χ1v) is 4.74. The van der Waals surface area contributed by atoms with Gasteiger partial charge in [0.05, 0.1) is 0 Å². The summed E-state index contributed by atoms with van der Waals surface area (Å²) in [7, 11) is 0. The quantitative estimate of drug-likeness (QED) is 0.545. The molecule has 0 N–H and O–H groups in total. The first-order chi connectivity index (χ1) is 5.44. The summed E-state index contributed by atoms with van der Waals surface area (Å²) in [5, 5.41) is 0. The Morgan fingerprint density at radius 2 is 1.92 bits per heavy atom. The molecule has 0 unspecified atom stereocenters. The molecule has 0 saturated heterocycles. The van der Waals surface area contributed by atoms with Gasteiger partial charge in [-0.15, -0.1) is 0 Å². The number of hydrogen-bond acceptors (Lipinski definition) is 0. The molecular weight excluding hydrogens is 144 g/mol. The van der Waals surface area contributed by atoms with Gasteiger partial charge in [0.15, 0.2) is 0 Å². The van der Waals surface area contributed by atoms with Crippen molar-refractivity contribution in [2.24, 2.45) is 5.41 Å². The van der Waals surface area contributed by atoms with Crippen LogP contribution in [0, 0.1) is 5.41 Å². The minimum absolute atomic E-state index is 0.296. The van der Waals surface area contributed by atoms with Gasteiger partial charge in [0, 0.05) is 0 Å². The van der Waals surface area contributed by atoms with Crippen LogP contribution in [0.2, 0.25) is 0 Å². The molecule has 0 aromatic heterocycles. The summed E-state index contributed by atoms with van der Waals surface area (Å²) in [6, 6.07) is 0. The molecule has 0 heterocycles. The van der Waals surface area contributed by atoms with Crippen LogP contribution in [0.25, 0.3) is 0 Å². The summed E-state index contributed by atoms with van der Waals surface area (Å²) in [4.78, 5) is 0. The van der Waals surface area contributed by atoms with Crippen molar-refractivity contribution in [2.75, 3.05) is 0 Å². The Labute approximate surface area is 77.4 Å². The van der Waals surface area contributed by atoms with Crippen LogP contribution in [0.4, 0.5) is 0 Å². The topological polar surface area (TPSA) is 0 Å². The van der Waals surface area contributed by atoms with Crippen LogP contribution in [0.3, 0.4) is 0 Å². The maximum atomic E-state index is 4.14. The molecule has 0 amide bonds. The number of rotatable bonds is 4. The van der Waals surface area contributed by atoms with Gasteiger partial charge in [0.2, 0.25) is 0 Å². The molecule has 0 aliphatic heterocycles. The molecule has 70 valence electrons. The van der Waals surface area contributed by atoms with E-state index in [4.69, 9.17) is 0 Å². The van der Waals surface area contributed by atoms with Gasteiger partial charge < -0.3 is 0 Å². The van der Waals surface area contributed by atoms with Crippen molar-refractivity contribution < 1.29 is 0 Å². The molecule has 0 nitrogen and oxygen atoms in total. The van der Waals surface area contributed by atoms with Gasteiger partial charge in [-0.2, -0.15) is 0 Å². The molecule has 0 rings (SSSR count). The van der Waals surface area contributed by atoms with Crippen molar-refractivity contribution in [3.05, 3.63) is 23.8 Å². The summed E-state index contributed by atoms with van der Waals surface area (Å²) < 4.78 is 0. The lowest BCUT2D eigenvalue weighted by atomic mass is 9.80. The van der Waals surface area contributed by atoms with E-state index in [2.05, 4.69) is 47.3 Å². The van der Waals surface area contributed by atoms with Crippen LogP contribution >= 0.6 is 0 Å². The molecule has 0 saturated carbocycles. The third-order valence-electron chi connectivity index (χ3n) is 2.83.